The lowest BCUT2D eigenvalue weighted by Gasteiger charge is -2.06. The van der Waals surface area contributed by atoms with Crippen LogP contribution in [0.25, 0.3) is 0 Å². The molecule has 0 spiro atoms. The summed E-state index contributed by atoms with van der Waals surface area (Å²) in [5.41, 5.74) is 0.563. The Morgan fingerprint density at radius 3 is 2.71 bits per heavy atom. The van der Waals surface area contributed by atoms with E-state index >= 15 is 0 Å². The first-order chi connectivity index (χ1) is 8.02. The summed E-state index contributed by atoms with van der Waals surface area (Å²) in [5, 5.41) is 20.1. The first-order valence-electron chi connectivity index (χ1n) is 4.74. The quantitative estimate of drug-likeness (QED) is 0.858. The van der Waals surface area contributed by atoms with Crippen molar-refractivity contribution in [2.45, 2.75) is 12.8 Å². The second kappa shape index (κ2) is 5.87. The molecule has 0 heterocycles. The second-order valence-electron chi connectivity index (χ2n) is 3.24. The lowest BCUT2D eigenvalue weighted by molar-refractivity contribution is -0.138. The zero-order valence-corrected chi connectivity index (χ0v) is 9.49. The second-order valence-corrected chi connectivity index (χ2v) is 3.68. The maximum atomic E-state index is 11.4. The molecule has 0 radical (unpaired) electrons. The van der Waals surface area contributed by atoms with Crippen molar-refractivity contribution in [3.8, 4) is 6.07 Å². The minimum atomic E-state index is -1.05. The zero-order valence-electron chi connectivity index (χ0n) is 8.74. The fourth-order valence-electron chi connectivity index (χ4n) is 1.15. The topological polar surface area (TPSA) is 90.2 Å². The number of halogens is 1. The van der Waals surface area contributed by atoms with E-state index < -0.39 is 11.9 Å². The smallest absolute Gasteiger partial charge is 0.303 e. The molecule has 0 aromatic heterocycles. The highest BCUT2D eigenvalue weighted by Crippen LogP contribution is 2.20. The van der Waals surface area contributed by atoms with Gasteiger partial charge in [0, 0.05) is 11.4 Å². The number of carboxylic acid groups (broad SMARTS) is 1. The molecule has 0 atom stereocenters. The number of benzene rings is 1. The van der Waals surface area contributed by atoms with Crippen molar-refractivity contribution < 1.29 is 14.7 Å². The van der Waals surface area contributed by atoms with Gasteiger partial charge in [0.05, 0.1) is 17.7 Å². The van der Waals surface area contributed by atoms with Crippen LogP contribution in [0.5, 0.6) is 0 Å². The van der Waals surface area contributed by atoms with Crippen molar-refractivity contribution in [1.82, 2.24) is 0 Å². The highest BCUT2D eigenvalue weighted by atomic mass is 35.5. The van der Waals surface area contributed by atoms with Gasteiger partial charge in [-0.2, -0.15) is 5.26 Å². The predicted octanol–water partition coefficient (Wildman–Crippen LogP) is 2.01. The van der Waals surface area contributed by atoms with Crippen molar-refractivity contribution in [1.29, 1.82) is 5.26 Å². The van der Waals surface area contributed by atoms with Crippen LogP contribution in [0.2, 0.25) is 5.02 Å². The van der Waals surface area contributed by atoms with Crippen LogP contribution in [0.1, 0.15) is 18.4 Å². The molecular formula is C11H9ClN2O3. The Kier molecular flexibility index (Phi) is 4.49. The van der Waals surface area contributed by atoms with E-state index in [2.05, 4.69) is 5.32 Å². The molecule has 0 saturated heterocycles. The lowest BCUT2D eigenvalue weighted by atomic mass is 10.2. The van der Waals surface area contributed by atoms with E-state index in [0.717, 1.165) is 0 Å². The maximum Gasteiger partial charge on any atom is 0.303 e. The minimum Gasteiger partial charge on any atom is -0.481 e. The van der Waals surface area contributed by atoms with Gasteiger partial charge in [-0.15, -0.1) is 0 Å². The third kappa shape index (κ3) is 4.13. The molecule has 0 bridgehead atoms. The summed E-state index contributed by atoms with van der Waals surface area (Å²) in [6.45, 7) is 0. The average molecular weight is 253 g/mol. The van der Waals surface area contributed by atoms with Crippen molar-refractivity contribution in [3.05, 3.63) is 28.8 Å². The van der Waals surface area contributed by atoms with Crippen LogP contribution in [-0.4, -0.2) is 17.0 Å². The summed E-state index contributed by atoms with van der Waals surface area (Å²) in [6.07, 6.45) is -0.402. The number of nitrogens with one attached hydrogen (secondary N) is 1. The molecule has 0 aliphatic heterocycles. The van der Waals surface area contributed by atoms with Gasteiger partial charge in [0.2, 0.25) is 5.91 Å². The predicted molar refractivity (Wildman–Crippen MR) is 61.7 cm³/mol. The van der Waals surface area contributed by atoms with Gasteiger partial charge < -0.3 is 10.4 Å². The number of carbonyl (C=O) groups is 2. The largest absolute Gasteiger partial charge is 0.481 e. The van der Waals surface area contributed by atoms with Crippen LogP contribution in [-0.2, 0) is 9.59 Å². The Morgan fingerprint density at radius 1 is 1.41 bits per heavy atom. The van der Waals surface area contributed by atoms with Crippen molar-refractivity contribution in [3.63, 3.8) is 0 Å². The van der Waals surface area contributed by atoms with Crippen molar-refractivity contribution in [2.24, 2.45) is 0 Å². The first kappa shape index (κ1) is 13.0. The zero-order chi connectivity index (χ0) is 12.8. The molecule has 0 saturated carbocycles. The van der Waals surface area contributed by atoms with Crippen LogP contribution >= 0.6 is 11.6 Å². The number of rotatable bonds is 4. The highest BCUT2D eigenvalue weighted by Gasteiger charge is 2.09. The van der Waals surface area contributed by atoms with Gasteiger partial charge in [0.15, 0.2) is 0 Å². The number of aliphatic carboxylic acids is 1. The maximum absolute atomic E-state index is 11.4. The standard InChI is InChI=1S/C11H9ClN2O3/c12-8-2-1-7(6-13)9(5-8)14-10(15)3-4-11(16)17/h1-2,5H,3-4H2,(H,14,15)(H,16,17). The van der Waals surface area contributed by atoms with Gasteiger partial charge in [-0.3, -0.25) is 9.59 Å². The highest BCUT2D eigenvalue weighted by molar-refractivity contribution is 6.31. The van der Waals surface area contributed by atoms with E-state index in [1.54, 1.807) is 0 Å². The summed E-state index contributed by atoms with van der Waals surface area (Å²) < 4.78 is 0. The SMILES string of the molecule is N#Cc1ccc(Cl)cc1NC(=O)CCC(=O)O. The molecule has 88 valence electrons. The number of hydrogen-bond acceptors (Lipinski definition) is 3. The number of nitriles is 1. The molecule has 6 heteroatoms. The summed E-state index contributed by atoms with van der Waals surface area (Å²) in [5.74, 6) is -1.52. The fraction of sp³-hybridized carbons (Fsp3) is 0.182. The van der Waals surface area contributed by atoms with Crippen LogP contribution in [0.15, 0.2) is 18.2 Å². The van der Waals surface area contributed by atoms with E-state index in [9.17, 15) is 9.59 Å². The molecule has 17 heavy (non-hydrogen) atoms. The van der Waals surface area contributed by atoms with Crippen molar-refractivity contribution in [2.75, 3.05) is 5.32 Å². The molecule has 1 rings (SSSR count). The van der Waals surface area contributed by atoms with Crippen LogP contribution in [0, 0.1) is 11.3 Å². The molecule has 1 amide bonds. The third-order valence-electron chi connectivity index (χ3n) is 1.94. The number of hydrogen-bond donors (Lipinski definition) is 2. The lowest BCUT2D eigenvalue weighted by Crippen LogP contribution is -2.14. The molecule has 1 aromatic carbocycles. The number of carboxylic acids is 1. The van der Waals surface area contributed by atoms with Gasteiger partial charge in [0.25, 0.3) is 0 Å². The Bertz CT molecular complexity index is 494. The summed E-state index contributed by atoms with van der Waals surface area (Å²) in [7, 11) is 0. The van der Waals surface area contributed by atoms with Crippen LogP contribution in [0.3, 0.4) is 0 Å². The van der Waals surface area contributed by atoms with Gasteiger partial charge in [-0.25, -0.2) is 0 Å². The molecule has 0 aliphatic carbocycles. The van der Waals surface area contributed by atoms with Gasteiger partial charge >= 0.3 is 5.97 Å². The van der Waals surface area contributed by atoms with Gasteiger partial charge in [-0.05, 0) is 18.2 Å². The minimum absolute atomic E-state index is 0.146. The molecule has 0 unspecified atom stereocenters. The van der Waals surface area contributed by atoms with E-state index in [0.29, 0.717) is 5.02 Å². The summed E-state index contributed by atoms with van der Waals surface area (Å²) in [6, 6.07) is 6.36. The van der Waals surface area contributed by atoms with E-state index in [1.165, 1.54) is 18.2 Å². The summed E-state index contributed by atoms with van der Waals surface area (Å²) >= 11 is 5.73. The Labute approximate surface area is 103 Å². The Morgan fingerprint density at radius 2 is 2.12 bits per heavy atom. The number of nitrogens with zero attached hydrogens (tertiary/aromatic N) is 1. The molecule has 5 nitrogen and oxygen atoms in total. The molecular weight excluding hydrogens is 244 g/mol. The van der Waals surface area contributed by atoms with E-state index in [1.807, 2.05) is 6.07 Å². The molecule has 1 aromatic rings. The molecule has 0 aliphatic rings. The Balaban J connectivity index is 2.74. The molecule has 0 fully saturated rings. The number of anilines is 1. The third-order valence-corrected chi connectivity index (χ3v) is 2.18. The first-order valence-corrected chi connectivity index (χ1v) is 5.12. The van der Waals surface area contributed by atoms with Gasteiger partial charge in [0.1, 0.15) is 6.07 Å². The number of amides is 1. The Hall–Kier alpha value is -2.06. The average Bonchev–Trinajstić information content (AvgIpc) is 2.27. The monoisotopic (exact) mass is 252 g/mol. The van der Waals surface area contributed by atoms with Crippen molar-refractivity contribution >= 4 is 29.2 Å². The fourth-order valence-corrected chi connectivity index (χ4v) is 1.32. The normalized spacial score (nSPS) is 9.41. The van der Waals surface area contributed by atoms with Gasteiger partial charge in [-0.1, -0.05) is 11.6 Å². The summed E-state index contributed by atoms with van der Waals surface area (Å²) in [4.78, 5) is 21.6. The van der Waals surface area contributed by atoms with E-state index in [4.69, 9.17) is 22.0 Å². The number of carbonyl (C=O) groups excluding carboxylic acids is 1. The van der Waals surface area contributed by atoms with Crippen LogP contribution in [0.4, 0.5) is 5.69 Å². The van der Waals surface area contributed by atoms with E-state index in [-0.39, 0.29) is 24.1 Å². The van der Waals surface area contributed by atoms with Crippen LogP contribution < -0.4 is 5.32 Å². The molecule has 2 N–H and O–H groups in total.